The SMILES string of the molecule is CC1(C)[C@@H]([C@H](O)C(=O)O)[C@]1(C)NC(=O)C(F)(F)F. The van der Waals surface area contributed by atoms with E-state index in [1.54, 1.807) is 5.32 Å². The zero-order chi connectivity index (χ0) is 14.5. The van der Waals surface area contributed by atoms with Crippen LogP contribution < -0.4 is 5.32 Å². The number of halogens is 3. The molecule has 0 bridgehead atoms. The predicted molar refractivity (Wildman–Crippen MR) is 53.5 cm³/mol. The average molecular weight is 269 g/mol. The third-order valence-corrected chi connectivity index (χ3v) is 3.85. The van der Waals surface area contributed by atoms with E-state index in [4.69, 9.17) is 5.11 Å². The van der Waals surface area contributed by atoms with Gasteiger partial charge < -0.3 is 15.5 Å². The topological polar surface area (TPSA) is 86.6 Å². The van der Waals surface area contributed by atoms with E-state index in [-0.39, 0.29) is 0 Å². The highest BCUT2D eigenvalue weighted by molar-refractivity contribution is 5.83. The van der Waals surface area contributed by atoms with E-state index < -0.39 is 41.0 Å². The van der Waals surface area contributed by atoms with Gasteiger partial charge in [-0.2, -0.15) is 13.2 Å². The van der Waals surface area contributed by atoms with Gasteiger partial charge in [0.2, 0.25) is 0 Å². The number of aliphatic hydroxyl groups excluding tert-OH is 1. The van der Waals surface area contributed by atoms with Crippen molar-refractivity contribution in [3.05, 3.63) is 0 Å². The molecule has 1 saturated carbocycles. The average Bonchev–Trinajstić information content (AvgIpc) is 2.57. The number of aliphatic hydroxyl groups is 1. The fourth-order valence-electron chi connectivity index (χ4n) is 2.42. The van der Waals surface area contributed by atoms with Crippen molar-refractivity contribution in [3.63, 3.8) is 0 Å². The van der Waals surface area contributed by atoms with Crippen LogP contribution in [0.3, 0.4) is 0 Å². The number of hydrogen-bond acceptors (Lipinski definition) is 3. The summed E-state index contributed by atoms with van der Waals surface area (Å²) in [6, 6.07) is 0. The normalized spacial score (nSPS) is 31.6. The van der Waals surface area contributed by atoms with Crippen LogP contribution in [0.15, 0.2) is 0 Å². The Bertz CT molecular complexity index is 393. The zero-order valence-corrected chi connectivity index (χ0v) is 10.00. The molecule has 0 radical (unpaired) electrons. The Morgan fingerprint density at radius 2 is 1.72 bits per heavy atom. The number of carbonyl (C=O) groups excluding carboxylic acids is 1. The van der Waals surface area contributed by atoms with Crippen molar-refractivity contribution < 1.29 is 33.0 Å². The van der Waals surface area contributed by atoms with E-state index in [1.807, 2.05) is 0 Å². The molecule has 0 heterocycles. The fourth-order valence-corrected chi connectivity index (χ4v) is 2.42. The lowest BCUT2D eigenvalue weighted by molar-refractivity contribution is -0.175. The van der Waals surface area contributed by atoms with Gasteiger partial charge in [-0.3, -0.25) is 4.79 Å². The molecule has 0 aliphatic heterocycles. The van der Waals surface area contributed by atoms with Crippen LogP contribution in [0.1, 0.15) is 20.8 Å². The molecule has 0 spiro atoms. The molecule has 1 amide bonds. The first-order chi connectivity index (χ1) is 7.85. The highest BCUT2D eigenvalue weighted by Gasteiger charge is 2.73. The van der Waals surface area contributed by atoms with Crippen LogP contribution >= 0.6 is 0 Å². The van der Waals surface area contributed by atoms with Crippen LogP contribution in [0.25, 0.3) is 0 Å². The van der Waals surface area contributed by atoms with Gasteiger partial charge in [-0.05, 0) is 12.3 Å². The molecule has 104 valence electrons. The quantitative estimate of drug-likeness (QED) is 0.697. The molecule has 1 aliphatic rings. The van der Waals surface area contributed by atoms with E-state index in [9.17, 15) is 27.9 Å². The van der Waals surface area contributed by atoms with Crippen molar-refractivity contribution in [3.8, 4) is 0 Å². The smallest absolute Gasteiger partial charge is 0.471 e. The maximum absolute atomic E-state index is 12.2. The number of carbonyl (C=O) groups is 2. The van der Waals surface area contributed by atoms with Crippen LogP contribution in [-0.2, 0) is 9.59 Å². The molecule has 3 N–H and O–H groups in total. The Hall–Kier alpha value is -1.31. The number of nitrogens with one attached hydrogen (secondary N) is 1. The van der Waals surface area contributed by atoms with Crippen LogP contribution in [0.4, 0.5) is 13.2 Å². The van der Waals surface area contributed by atoms with Gasteiger partial charge in [0, 0.05) is 11.5 Å². The standard InChI is InChI=1S/C10H14F3NO4/c1-8(2)5(4(15)6(16)17)9(8,3)14-7(18)10(11,12)13/h4-5,15H,1-3H3,(H,14,18)(H,16,17)/t4-,5+,9-/m0/s1. The molecule has 1 fully saturated rings. The van der Waals surface area contributed by atoms with Crippen molar-refractivity contribution >= 4 is 11.9 Å². The lowest BCUT2D eigenvalue weighted by Gasteiger charge is -2.18. The number of amides is 1. The summed E-state index contributed by atoms with van der Waals surface area (Å²) < 4.78 is 36.5. The van der Waals surface area contributed by atoms with Gasteiger partial charge in [-0.15, -0.1) is 0 Å². The van der Waals surface area contributed by atoms with Gasteiger partial charge in [0.25, 0.3) is 0 Å². The Morgan fingerprint density at radius 1 is 1.28 bits per heavy atom. The molecule has 1 aliphatic carbocycles. The Labute approximate surface area is 101 Å². The lowest BCUT2D eigenvalue weighted by atomic mass is 10.1. The molecule has 0 saturated heterocycles. The number of carboxylic acids is 1. The summed E-state index contributed by atoms with van der Waals surface area (Å²) in [5, 5.41) is 19.8. The first-order valence-electron chi connectivity index (χ1n) is 5.16. The molecule has 0 aromatic heterocycles. The molecule has 18 heavy (non-hydrogen) atoms. The molecular formula is C10H14F3NO4. The van der Waals surface area contributed by atoms with Crippen LogP contribution in [0.2, 0.25) is 0 Å². The van der Waals surface area contributed by atoms with Gasteiger partial charge in [-0.1, -0.05) is 13.8 Å². The third-order valence-electron chi connectivity index (χ3n) is 3.85. The molecule has 5 nitrogen and oxygen atoms in total. The molecule has 0 aromatic rings. The highest BCUT2D eigenvalue weighted by Crippen LogP contribution is 2.63. The highest BCUT2D eigenvalue weighted by atomic mass is 19.4. The third kappa shape index (κ3) is 2.05. The molecule has 3 atom stereocenters. The molecule has 1 rings (SSSR count). The number of hydrogen-bond donors (Lipinski definition) is 3. The number of aliphatic carboxylic acids is 1. The Balaban J connectivity index is 2.89. The van der Waals surface area contributed by atoms with E-state index in [1.165, 1.54) is 20.8 Å². The van der Waals surface area contributed by atoms with Crippen LogP contribution in [0, 0.1) is 11.3 Å². The maximum atomic E-state index is 12.2. The maximum Gasteiger partial charge on any atom is 0.471 e. The summed E-state index contributed by atoms with van der Waals surface area (Å²) in [4.78, 5) is 21.5. The molecule has 0 unspecified atom stereocenters. The van der Waals surface area contributed by atoms with E-state index in [0.29, 0.717) is 0 Å². The zero-order valence-electron chi connectivity index (χ0n) is 10.00. The largest absolute Gasteiger partial charge is 0.479 e. The Kier molecular flexibility index (Phi) is 3.15. The summed E-state index contributed by atoms with van der Waals surface area (Å²) in [7, 11) is 0. The minimum atomic E-state index is -5.04. The summed E-state index contributed by atoms with van der Waals surface area (Å²) in [6.07, 6.45) is -6.86. The van der Waals surface area contributed by atoms with Crippen LogP contribution in [-0.4, -0.2) is 39.9 Å². The van der Waals surface area contributed by atoms with Crippen molar-refractivity contribution in [1.29, 1.82) is 0 Å². The van der Waals surface area contributed by atoms with E-state index in [0.717, 1.165) is 0 Å². The molecule has 0 aromatic carbocycles. The minimum absolute atomic E-state index is 0.939. The second kappa shape index (κ2) is 3.84. The number of carboxylic acid groups (broad SMARTS) is 1. The second-order valence-electron chi connectivity index (χ2n) is 5.14. The lowest BCUT2D eigenvalue weighted by Crippen LogP contribution is -2.47. The summed E-state index contributed by atoms with van der Waals surface area (Å²) in [6.45, 7) is 4.26. The summed E-state index contributed by atoms with van der Waals surface area (Å²) in [5.41, 5.74) is -2.34. The van der Waals surface area contributed by atoms with Gasteiger partial charge >= 0.3 is 18.1 Å². The monoisotopic (exact) mass is 269 g/mol. The summed E-state index contributed by atoms with van der Waals surface area (Å²) >= 11 is 0. The van der Waals surface area contributed by atoms with E-state index in [2.05, 4.69) is 0 Å². The number of rotatable bonds is 3. The predicted octanol–water partition coefficient (Wildman–Crippen LogP) is 0.525. The fraction of sp³-hybridized carbons (Fsp3) is 0.800. The first-order valence-corrected chi connectivity index (χ1v) is 5.16. The number of alkyl halides is 3. The van der Waals surface area contributed by atoms with Crippen molar-refractivity contribution in [1.82, 2.24) is 5.32 Å². The molecule has 8 heteroatoms. The van der Waals surface area contributed by atoms with Gasteiger partial charge in [0.05, 0.1) is 0 Å². The second-order valence-corrected chi connectivity index (χ2v) is 5.14. The van der Waals surface area contributed by atoms with Gasteiger partial charge in [0.15, 0.2) is 6.10 Å². The van der Waals surface area contributed by atoms with Crippen molar-refractivity contribution in [2.24, 2.45) is 11.3 Å². The first kappa shape index (κ1) is 14.7. The van der Waals surface area contributed by atoms with E-state index >= 15 is 0 Å². The summed E-state index contributed by atoms with van der Waals surface area (Å²) in [5.74, 6) is -4.65. The van der Waals surface area contributed by atoms with Crippen LogP contribution in [0.5, 0.6) is 0 Å². The molecular weight excluding hydrogens is 255 g/mol. The Morgan fingerprint density at radius 3 is 2.06 bits per heavy atom. The van der Waals surface area contributed by atoms with Gasteiger partial charge in [-0.25, -0.2) is 4.79 Å². The van der Waals surface area contributed by atoms with Crippen molar-refractivity contribution in [2.45, 2.75) is 38.6 Å². The van der Waals surface area contributed by atoms with Gasteiger partial charge in [0.1, 0.15) is 0 Å². The minimum Gasteiger partial charge on any atom is -0.479 e. The van der Waals surface area contributed by atoms with Crippen molar-refractivity contribution in [2.75, 3.05) is 0 Å².